The zero-order valence-electron chi connectivity index (χ0n) is 17.1. The fourth-order valence-corrected chi connectivity index (χ4v) is 5.01. The number of hydrogen-bond acceptors (Lipinski definition) is 6. The maximum atomic E-state index is 13.4. The molecule has 5 rings (SSSR count). The molecule has 1 amide bonds. The highest BCUT2D eigenvalue weighted by atomic mass is 19.1. The summed E-state index contributed by atoms with van der Waals surface area (Å²) in [5.41, 5.74) is 0.925. The number of likely N-dealkylation sites (tertiary alicyclic amines) is 1. The van der Waals surface area contributed by atoms with E-state index >= 15 is 0 Å². The molecule has 2 saturated heterocycles. The smallest absolute Gasteiger partial charge is 0.266 e. The molecule has 5 heterocycles. The number of pyridine rings is 1. The maximum absolute atomic E-state index is 13.4. The molecule has 30 heavy (non-hydrogen) atoms. The lowest BCUT2D eigenvalue weighted by Gasteiger charge is -2.42. The lowest BCUT2D eigenvalue weighted by molar-refractivity contribution is 0.0664. The van der Waals surface area contributed by atoms with Gasteiger partial charge >= 0.3 is 0 Å². The molecule has 0 spiro atoms. The summed E-state index contributed by atoms with van der Waals surface area (Å²) in [5, 5.41) is 4.10. The van der Waals surface area contributed by atoms with Crippen LogP contribution in [0.25, 0.3) is 0 Å². The Morgan fingerprint density at radius 1 is 1.23 bits per heavy atom. The topological polar surface area (TPSA) is 84.5 Å². The fourth-order valence-electron chi connectivity index (χ4n) is 5.01. The van der Waals surface area contributed by atoms with Gasteiger partial charge in [0.2, 0.25) is 5.89 Å². The Balaban J connectivity index is 1.39. The van der Waals surface area contributed by atoms with E-state index < -0.39 is 6.17 Å². The number of amides is 1. The van der Waals surface area contributed by atoms with Crippen molar-refractivity contribution < 1.29 is 13.7 Å². The maximum Gasteiger partial charge on any atom is 0.266 e. The molecule has 0 unspecified atom stereocenters. The Bertz CT molecular complexity index is 1010. The van der Waals surface area contributed by atoms with Crippen molar-refractivity contribution in [2.75, 3.05) is 31.1 Å². The number of alkyl halides is 1. The number of carbonyl (C=O) groups excluding carboxylic acids is 1. The third kappa shape index (κ3) is 3.30. The summed E-state index contributed by atoms with van der Waals surface area (Å²) in [4.78, 5) is 34.2. The zero-order valence-corrected chi connectivity index (χ0v) is 17.1. The van der Waals surface area contributed by atoms with Gasteiger partial charge in [-0.15, -0.1) is 0 Å². The normalized spacial score (nSPS) is 24.1. The van der Waals surface area contributed by atoms with Gasteiger partial charge in [-0.2, -0.15) is 4.98 Å². The summed E-state index contributed by atoms with van der Waals surface area (Å²) in [7, 11) is 0. The van der Waals surface area contributed by atoms with Crippen LogP contribution in [0.4, 0.5) is 10.3 Å². The lowest BCUT2D eigenvalue weighted by Crippen LogP contribution is -2.49. The third-order valence-corrected chi connectivity index (χ3v) is 6.59. The second-order valence-corrected chi connectivity index (χ2v) is 8.60. The van der Waals surface area contributed by atoms with E-state index in [-0.39, 0.29) is 28.9 Å². The molecular formula is C21H26FN5O3. The van der Waals surface area contributed by atoms with E-state index in [0.717, 1.165) is 25.2 Å². The van der Waals surface area contributed by atoms with Gasteiger partial charge in [-0.05, 0) is 42.5 Å². The first-order valence-corrected chi connectivity index (χ1v) is 10.8. The quantitative estimate of drug-likeness (QED) is 0.762. The summed E-state index contributed by atoms with van der Waals surface area (Å²) < 4.78 is 20.4. The number of fused-ring (bicyclic) bond motifs is 4. The van der Waals surface area contributed by atoms with Crippen molar-refractivity contribution in [1.29, 1.82) is 0 Å². The number of piperidine rings is 2. The van der Waals surface area contributed by atoms with Crippen molar-refractivity contribution in [3.8, 4) is 0 Å². The third-order valence-electron chi connectivity index (χ3n) is 6.59. The highest BCUT2D eigenvalue weighted by Crippen LogP contribution is 2.36. The van der Waals surface area contributed by atoms with Gasteiger partial charge < -0.3 is 18.9 Å². The predicted molar refractivity (Wildman–Crippen MR) is 107 cm³/mol. The fraction of sp³-hybridized carbons (Fsp3) is 0.619. The molecule has 0 N–H and O–H groups in total. The van der Waals surface area contributed by atoms with E-state index in [1.54, 1.807) is 15.5 Å². The van der Waals surface area contributed by atoms with Gasteiger partial charge in [0.25, 0.3) is 17.4 Å². The van der Waals surface area contributed by atoms with Crippen LogP contribution in [0, 0.1) is 5.92 Å². The molecule has 0 saturated carbocycles. The number of aryl methyl sites for hydroxylation is 1. The average Bonchev–Trinajstić information content (AvgIpc) is 3.24. The highest BCUT2D eigenvalue weighted by molar-refractivity contribution is 5.94. The predicted octanol–water partition coefficient (Wildman–Crippen LogP) is 1.99. The first kappa shape index (κ1) is 19.3. The van der Waals surface area contributed by atoms with Gasteiger partial charge in [-0.1, -0.05) is 6.92 Å². The van der Waals surface area contributed by atoms with Crippen LogP contribution < -0.4 is 10.5 Å². The number of anilines is 1. The molecule has 2 aromatic rings. The van der Waals surface area contributed by atoms with Gasteiger partial charge in [0, 0.05) is 50.8 Å². The molecule has 9 heteroatoms. The van der Waals surface area contributed by atoms with Gasteiger partial charge in [0.05, 0.1) is 0 Å². The van der Waals surface area contributed by atoms with Gasteiger partial charge in [-0.3, -0.25) is 9.59 Å². The SMILES string of the molecule is CCc1nc(N2C[C@@H]3C[C@H](C2)c2ccc(C(=O)N4CCC(F)CC4)c(=O)n2C3)no1. The summed E-state index contributed by atoms with van der Waals surface area (Å²) in [6.07, 6.45) is 1.53. The minimum Gasteiger partial charge on any atom is -0.338 e. The Morgan fingerprint density at radius 3 is 2.77 bits per heavy atom. The second-order valence-electron chi connectivity index (χ2n) is 8.60. The van der Waals surface area contributed by atoms with E-state index in [2.05, 4.69) is 15.0 Å². The average molecular weight is 415 g/mol. The van der Waals surface area contributed by atoms with Crippen molar-refractivity contribution in [2.24, 2.45) is 5.92 Å². The minimum atomic E-state index is -0.853. The summed E-state index contributed by atoms with van der Waals surface area (Å²) >= 11 is 0. The molecule has 160 valence electrons. The highest BCUT2D eigenvalue weighted by Gasteiger charge is 2.37. The van der Waals surface area contributed by atoms with E-state index in [0.29, 0.717) is 50.7 Å². The minimum absolute atomic E-state index is 0.181. The van der Waals surface area contributed by atoms with Crippen molar-refractivity contribution >= 4 is 11.9 Å². The molecule has 2 fully saturated rings. The molecule has 8 nitrogen and oxygen atoms in total. The van der Waals surface area contributed by atoms with Crippen LogP contribution >= 0.6 is 0 Å². The largest absolute Gasteiger partial charge is 0.338 e. The van der Waals surface area contributed by atoms with Crippen molar-refractivity contribution in [3.63, 3.8) is 0 Å². The molecule has 0 aromatic carbocycles. The van der Waals surface area contributed by atoms with Crippen molar-refractivity contribution in [2.45, 2.75) is 51.2 Å². The van der Waals surface area contributed by atoms with Crippen LogP contribution in [0.2, 0.25) is 0 Å². The van der Waals surface area contributed by atoms with Crippen molar-refractivity contribution in [1.82, 2.24) is 19.6 Å². The Hall–Kier alpha value is -2.71. The standard InChI is InChI=1S/C21H26FN5O3/c1-2-18-23-21(24-30-18)26-10-13-9-14(12-26)17-4-3-16(20(29)27(17)11-13)19(28)25-7-5-15(22)6-8-25/h3-4,13-15H,2,5-12H2,1H3/t13-,14+/m0/s1. The molecule has 2 atom stereocenters. The number of halogens is 1. The van der Waals surface area contributed by atoms with E-state index in [4.69, 9.17) is 4.52 Å². The number of carbonyl (C=O) groups is 1. The molecule has 2 aromatic heterocycles. The van der Waals surface area contributed by atoms with Gasteiger partial charge in [0.15, 0.2) is 0 Å². The van der Waals surface area contributed by atoms with Gasteiger partial charge in [0.1, 0.15) is 11.7 Å². The van der Waals surface area contributed by atoms with Crippen molar-refractivity contribution in [3.05, 3.63) is 39.6 Å². The number of nitrogens with zero attached hydrogens (tertiary/aromatic N) is 5. The van der Waals surface area contributed by atoms with Crippen LogP contribution in [-0.2, 0) is 13.0 Å². The molecular weight excluding hydrogens is 389 g/mol. The van der Waals surface area contributed by atoms with E-state index in [1.165, 1.54) is 0 Å². The van der Waals surface area contributed by atoms with Crippen LogP contribution in [-0.4, -0.2) is 57.9 Å². The summed E-state index contributed by atoms with van der Waals surface area (Å²) in [5.74, 6) is 1.42. The van der Waals surface area contributed by atoms with Crippen LogP contribution in [0.3, 0.4) is 0 Å². The first-order chi connectivity index (χ1) is 14.5. The number of rotatable bonds is 3. The van der Waals surface area contributed by atoms with Crippen LogP contribution in [0.1, 0.15) is 54.0 Å². The van der Waals surface area contributed by atoms with Crippen LogP contribution in [0.15, 0.2) is 21.5 Å². The molecule has 0 radical (unpaired) electrons. The summed E-state index contributed by atoms with van der Waals surface area (Å²) in [6.45, 7) is 4.76. The number of aromatic nitrogens is 3. The molecule has 3 aliphatic rings. The first-order valence-electron chi connectivity index (χ1n) is 10.8. The van der Waals surface area contributed by atoms with Gasteiger partial charge in [-0.25, -0.2) is 4.39 Å². The Labute approximate surface area is 173 Å². The second kappa shape index (κ2) is 7.52. The Morgan fingerprint density at radius 2 is 2.03 bits per heavy atom. The van der Waals surface area contributed by atoms with Crippen LogP contribution in [0.5, 0.6) is 0 Å². The molecule has 0 aliphatic carbocycles. The molecule has 3 aliphatic heterocycles. The summed E-state index contributed by atoms with van der Waals surface area (Å²) in [6, 6.07) is 3.56. The van der Waals surface area contributed by atoms with E-state index in [9.17, 15) is 14.0 Å². The molecule has 2 bridgehead atoms. The van der Waals surface area contributed by atoms with E-state index in [1.807, 2.05) is 13.0 Å². The zero-order chi connectivity index (χ0) is 20.8. The monoisotopic (exact) mass is 415 g/mol. The lowest BCUT2D eigenvalue weighted by atomic mass is 9.83. The number of hydrogen-bond donors (Lipinski definition) is 0. The Kier molecular flexibility index (Phi) is 4.83.